The van der Waals surface area contributed by atoms with E-state index in [0.717, 1.165) is 33.8 Å². The number of rotatable bonds is 2. The second-order valence-electron chi connectivity index (χ2n) is 6.73. The van der Waals surface area contributed by atoms with Gasteiger partial charge in [0, 0.05) is 10.5 Å². The fourth-order valence-electron chi connectivity index (χ4n) is 4.95. The van der Waals surface area contributed by atoms with Crippen LogP contribution in [0.4, 0.5) is 10.1 Å². The minimum Gasteiger partial charge on any atom is -0.381 e. The third-order valence-electron chi connectivity index (χ3n) is 5.48. The molecule has 4 aliphatic carbocycles. The summed E-state index contributed by atoms with van der Waals surface area (Å²) < 4.78 is 14.4. The van der Waals surface area contributed by atoms with E-state index in [4.69, 9.17) is 0 Å². The minimum absolute atomic E-state index is 0.158. The predicted molar refractivity (Wildman–Crippen MR) is 78.6 cm³/mol. The van der Waals surface area contributed by atoms with Gasteiger partial charge >= 0.3 is 0 Å². The van der Waals surface area contributed by atoms with E-state index < -0.39 is 0 Å². The highest BCUT2D eigenvalue weighted by molar-refractivity contribution is 9.10. The van der Waals surface area contributed by atoms with Gasteiger partial charge in [-0.25, -0.2) is 4.39 Å². The summed E-state index contributed by atoms with van der Waals surface area (Å²) in [6.07, 6.45) is 7.02. The number of nitrogens with one attached hydrogen (secondary N) is 1. The molecule has 5 rings (SSSR count). The molecule has 3 heteroatoms. The van der Waals surface area contributed by atoms with Crippen LogP contribution in [-0.2, 0) is 0 Å². The van der Waals surface area contributed by atoms with Gasteiger partial charge in [-0.15, -0.1) is 0 Å². The van der Waals surface area contributed by atoms with Crippen molar-refractivity contribution in [1.82, 2.24) is 0 Å². The lowest BCUT2D eigenvalue weighted by Gasteiger charge is -2.54. The predicted octanol–water partition coefficient (Wildman–Crippen LogP) is 4.82. The number of hydrogen-bond donors (Lipinski definition) is 1. The summed E-state index contributed by atoms with van der Waals surface area (Å²) in [4.78, 5) is 0. The molecule has 0 unspecified atom stereocenters. The Morgan fingerprint density at radius 1 is 1.00 bits per heavy atom. The first-order valence-corrected chi connectivity index (χ1v) is 8.20. The smallest absolute Gasteiger partial charge is 0.125 e. The zero-order valence-corrected chi connectivity index (χ0v) is 12.5. The molecular weight excluding hydrogens is 305 g/mol. The van der Waals surface area contributed by atoms with Crippen molar-refractivity contribution in [3.63, 3.8) is 0 Å². The van der Waals surface area contributed by atoms with E-state index in [1.165, 1.54) is 38.2 Å². The molecule has 0 aliphatic heterocycles. The van der Waals surface area contributed by atoms with E-state index in [9.17, 15) is 4.39 Å². The van der Waals surface area contributed by atoms with Crippen LogP contribution in [-0.4, -0.2) is 6.04 Å². The van der Waals surface area contributed by atoms with Crippen LogP contribution in [0.5, 0.6) is 0 Å². The first-order chi connectivity index (χ1) is 9.19. The van der Waals surface area contributed by atoms with Gasteiger partial charge < -0.3 is 5.32 Å². The molecule has 1 nitrogen and oxygen atoms in total. The topological polar surface area (TPSA) is 12.0 Å². The lowest BCUT2D eigenvalue weighted by molar-refractivity contribution is 0.00751. The third-order valence-corrected chi connectivity index (χ3v) is 6.17. The van der Waals surface area contributed by atoms with Crippen molar-refractivity contribution in [3.8, 4) is 0 Å². The highest BCUT2D eigenvalue weighted by Crippen LogP contribution is 2.54. The van der Waals surface area contributed by atoms with E-state index >= 15 is 0 Å². The second-order valence-corrected chi connectivity index (χ2v) is 7.58. The molecule has 0 saturated heterocycles. The van der Waals surface area contributed by atoms with Gasteiger partial charge in [-0.1, -0.05) is 0 Å². The van der Waals surface area contributed by atoms with E-state index in [2.05, 4.69) is 21.2 Å². The first kappa shape index (κ1) is 12.2. The highest BCUT2D eigenvalue weighted by atomic mass is 79.9. The average Bonchev–Trinajstić information content (AvgIpc) is 2.37. The fraction of sp³-hybridized carbons (Fsp3) is 0.625. The molecule has 1 N–H and O–H groups in total. The number of benzene rings is 1. The van der Waals surface area contributed by atoms with Crippen LogP contribution in [0.25, 0.3) is 0 Å². The Bertz CT molecular complexity index is 474. The SMILES string of the molecule is Fc1ccc(Br)c(NC2C3CC4CC(C3)CC2C4)c1. The van der Waals surface area contributed by atoms with Gasteiger partial charge in [0.25, 0.3) is 0 Å². The largest absolute Gasteiger partial charge is 0.381 e. The number of halogens is 2. The standard InChI is InChI=1S/C16H19BrFN/c17-14-2-1-13(18)8-15(14)19-16-11-4-9-3-10(6-11)7-12(16)5-9/h1-2,8-12,16,19H,3-7H2. The summed E-state index contributed by atoms with van der Waals surface area (Å²) in [5.41, 5.74) is 0.928. The Hall–Kier alpha value is -0.570. The molecule has 102 valence electrons. The second kappa shape index (κ2) is 4.47. The summed E-state index contributed by atoms with van der Waals surface area (Å²) in [5, 5.41) is 3.65. The van der Waals surface area contributed by atoms with Crippen LogP contribution in [0.1, 0.15) is 32.1 Å². The van der Waals surface area contributed by atoms with Crippen LogP contribution < -0.4 is 5.32 Å². The maximum absolute atomic E-state index is 13.4. The van der Waals surface area contributed by atoms with Crippen molar-refractivity contribution in [1.29, 1.82) is 0 Å². The van der Waals surface area contributed by atoms with Crippen LogP contribution in [0.15, 0.2) is 22.7 Å². The van der Waals surface area contributed by atoms with Crippen molar-refractivity contribution in [2.45, 2.75) is 38.1 Å². The summed E-state index contributed by atoms with van der Waals surface area (Å²) in [6.45, 7) is 0. The van der Waals surface area contributed by atoms with E-state index in [1.54, 1.807) is 12.1 Å². The summed E-state index contributed by atoms with van der Waals surface area (Å²) in [7, 11) is 0. The molecule has 0 spiro atoms. The maximum atomic E-state index is 13.4. The minimum atomic E-state index is -0.158. The van der Waals surface area contributed by atoms with E-state index in [0.29, 0.717) is 6.04 Å². The van der Waals surface area contributed by atoms with Crippen LogP contribution in [0.2, 0.25) is 0 Å². The Balaban J connectivity index is 1.58. The number of hydrogen-bond acceptors (Lipinski definition) is 1. The number of anilines is 1. The zero-order chi connectivity index (χ0) is 13.0. The molecule has 19 heavy (non-hydrogen) atoms. The van der Waals surface area contributed by atoms with Gasteiger partial charge in [-0.3, -0.25) is 0 Å². The Morgan fingerprint density at radius 2 is 1.63 bits per heavy atom. The molecule has 0 radical (unpaired) electrons. The first-order valence-electron chi connectivity index (χ1n) is 7.40. The van der Waals surface area contributed by atoms with Gasteiger partial charge in [0.05, 0.1) is 5.69 Å². The maximum Gasteiger partial charge on any atom is 0.125 e. The Labute approximate surface area is 122 Å². The Kier molecular flexibility index (Phi) is 2.87. The zero-order valence-electron chi connectivity index (χ0n) is 10.9. The summed E-state index contributed by atoms with van der Waals surface area (Å²) in [6, 6.07) is 5.49. The molecule has 1 aromatic rings. The van der Waals surface area contributed by atoms with Crippen molar-refractivity contribution in [2.75, 3.05) is 5.32 Å². The summed E-state index contributed by atoms with van der Waals surface area (Å²) in [5.74, 6) is 3.43. The highest BCUT2D eigenvalue weighted by Gasteiger charge is 2.48. The molecule has 4 aliphatic rings. The van der Waals surface area contributed by atoms with Gasteiger partial charge in [0.2, 0.25) is 0 Å². The lowest BCUT2D eigenvalue weighted by atomic mass is 9.54. The van der Waals surface area contributed by atoms with Crippen LogP contribution >= 0.6 is 15.9 Å². The van der Waals surface area contributed by atoms with E-state index in [1.807, 2.05) is 0 Å². The van der Waals surface area contributed by atoms with Crippen molar-refractivity contribution >= 4 is 21.6 Å². The molecular formula is C16H19BrFN. The molecule has 4 saturated carbocycles. The Morgan fingerprint density at radius 3 is 2.26 bits per heavy atom. The molecule has 0 atom stereocenters. The van der Waals surface area contributed by atoms with Crippen molar-refractivity contribution in [3.05, 3.63) is 28.5 Å². The lowest BCUT2D eigenvalue weighted by Crippen LogP contribution is -2.51. The molecule has 4 bridgehead atoms. The monoisotopic (exact) mass is 323 g/mol. The molecule has 4 fully saturated rings. The molecule has 1 aromatic carbocycles. The van der Waals surface area contributed by atoms with E-state index in [-0.39, 0.29) is 5.82 Å². The molecule has 0 aromatic heterocycles. The quantitative estimate of drug-likeness (QED) is 0.822. The molecule has 0 heterocycles. The van der Waals surface area contributed by atoms with Gasteiger partial charge in [-0.05, 0) is 89.9 Å². The summed E-state index contributed by atoms with van der Waals surface area (Å²) >= 11 is 3.53. The van der Waals surface area contributed by atoms with Crippen molar-refractivity contribution < 1.29 is 4.39 Å². The molecule has 0 amide bonds. The van der Waals surface area contributed by atoms with Crippen LogP contribution in [0.3, 0.4) is 0 Å². The van der Waals surface area contributed by atoms with Gasteiger partial charge in [-0.2, -0.15) is 0 Å². The van der Waals surface area contributed by atoms with Crippen molar-refractivity contribution in [2.24, 2.45) is 23.7 Å². The fourth-order valence-corrected chi connectivity index (χ4v) is 5.31. The van der Waals surface area contributed by atoms with Crippen LogP contribution in [0, 0.1) is 29.5 Å². The third kappa shape index (κ3) is 2.10. The average molecular weight is 324 g/mol. The van der Waals surface area contributed by atoms with Gasteiger partial charge in [0.1, 0.15) is 5.82 Å². The van der Waals surface area contributed by atoms with Gasteiger partial charge in [0.15, 0.2) is 0 Å². The normalized spacial score (nSPS) is 39.6.